The van der Waals surface area contributed by atoms with Crippen LogP contribution in [0, 0.1) is 5.92 Å². The summed E-state index contributed by atoms with van der Waals surface area (Å²) in [5.74, 6) is -0.0591. The number of likely N-dealkylation sites (tertiary alicyclic amines) is 1. The number of carbonyl (C=O) groups is 2. The van der Waals surface area contributed by atoms with E-state index in [1.165, 1.54) is 4.90 Å². The zero-order valence-electron chi connectivity index (χ0n) is 10.2. The Morgan fingerprint density at radius 2 is 2.33 bits per heavy atom. The average Bonchev–Trinajstić information content (AvgIpc) is 2.71. The van der Waals surface area contributed by atoms with Crippen molar-refractivity contribution in [2.75, 3.05) is 6.54 Å². The number of amides is 2. The van der Waals surface area contributed by atoms with Gasteiger partial charge in [-0.2, -0.15) is 0 Å². The normalized spacial score (nSPS) is 19.3. The van der Waals surface area contributed by atoms with E-state index in [9.17, 15) is 9.59 Å². The molecule has 0 saturated carbocycles. The van der Waals surface area contributed by atoms with Crippen LogP contribution < -0.4 is 0 Å². The predicted octanol–water partition coefficient (Wildman–Crippen LogP) is 2.63. The zero-order chi connectivity index (χ0) is 13.1. The van der Waals surface area contributed by atoms with Crippen LogP contribution in [0.2, 0.25) is 0 Å². The minimum atomic E-state index is -0.286. The van der Waals surface area contributed by atoms with Crippen molar-refractivity contribution in [2.45, 2.75) is 26.2 Å². The summed E-state index contributed by atoms with van der Waals surface area (Å²) in [6, 6.07) is 3.39. The van der Waals surface area contributed by atoms with Gasteiger partial charge in [0.05, 0.1) is 0 Å². The molecule has 2 amide bonds. The first-order valence-corrected chi connectivity index (χ1v) is 6.87. The smallest absolute Gasteiger partial charge is 0.277 e. The summed E-state index contributed by atoms with van der Waals surface area (Å²) in [6.07, 6.45) is 4.08. The third-order valence-electron chi connectivity index (χ3n) is 3.09. The molecule has 1 aromatic heterocycles. The van der Waals surface area contributed by atoms with E-state index in [2.05, 4.69) is 27.8 Å². The lowest BCUT2D eigenvalue weighted by Gasteiger charge is -2.14. The van der Waals surface area contributed by atoms with Gasteiger partial charge in [0.25, 0.3) is 5.91 Å². The van der Waals surface area contributed by atoms with Gasteiger partial charge >= 0.3 is 0 Å². The fourth-order valence-electron chi connectivity index (χ4n) is 2.22. The van der Waals surface area contributed by atoms with Gasteiger partial charge < -0.3 is 0 Å². The van der Waals surface area contributed by atoms with Crippen molar-refractivity contribution in [2.24, 2.45) is 5.92 Å². The van der Waals surface area contributed by atoms with Crippen LogP contribution in [0.1, 0.15) is 36.7 Å². The van der Waals surface area contributed by atoms with Gasteiger partial charge in [-0.1, -0.05) is 13.3 Å². The minimum Gasteiger partial charge on any atom is -0.277 e. The van der Waals surface area contributed by atoms with Crippen LogP contribution in [-0.2, 0) is 4.79 Å². The molecule has 2 rings (SSSR count). The molecule has 0 bridgehead atoms. The summed E-state index contributed by atoms with van der Waals surface area (Å²) in [5, 5.41) is 0. The second kappa shape index (κ2) is 5.61. The van der Waals surface area contributed by atoms with Crippen LogP contribution in [-0.4, -0.2) is 28.2 Å². The molecule has 18 heavy (non-hydrogen) atoms. The van der Waals surface area contributed by atoms with E-state index in [-0.39, 0.29) is 11.8 Å². The lowest BCUT2D eigenvalue weighted by atomic mass is 10.0. The molecule has 0 aliphatic carbocycles. The van der Waals surface area contributed by atoms with E-state index in [0.717, 1.165) is 17.3 Å². The molecule has 1 unspecified atom stereocenters. The Morgan fingerprint density at radius 1 is 1.56 bits per heavy atom. The van der Waals surface area contributed by atoms with Gasteiger partial charge in [-0.05, 0) is 40.4 Å². The molecule has 0 spiro atoms. The van der Waals surface area contributed by atoms with Crippen LogP contribution in [0.5, 0.6) is 0 Å². The van der Waals surface area contributed by atoms with Gasteiger partial charge in [-0.25, -0.2) is 4.98 Å². The van der Waals surface area contributed by atoms with Gasteiger partial charge in [-0.15, -0.1) is 0 Å². The van der Waals surface area contributed by atoms with Crippen molar-refractivity contribution < 1.29 is 9.59 Å². The maximum atomic E-state index is 12.1. The average molecular weight is 311 g/mol. The Hall–Kier alpha value is -1.23. The number of halogens is 1. The molecule has 96 valence electrons. The largest absolute Gasteiger partial charge is 0.279 e. The van der Waals surface area contributed by atoms with E-state index < -0.39 is 0 Å². The number of imide groups is 1. The molecule has 1 atom stereocenters. The standard InChI is InChI=1S/C13H15BrN2O2/c1-2-3-9-6-12(17)16(8-9)13(18)11-5-4-10(14)7-15-11/h4-5,7,9H,2-3,6,8H2,1H3. The molecular formula is C13H15BrN2O2. The Balaban J connectivity index is 2.10. The maximum absolute atomic E-state index is 12.1. The van der Waals surface area contributed by atoms with Crippen molar-refractivity contribution in [3.05, 3.63) is 28.5 Å². The number of aromatic nitrogens is 1. The van der Waals surface area contributed by atoms with E-state index in [0.29, 0.717) is 24.6 Å². The summed E-state index contributed by atoms with van der Waals surface area (Å²) < 4.78 is 0.815. The van der Waals surface area contributed by atoms with Gasteiger partial charge in [-0.3, -0.25) is 14.5 Å². The highest BCUT2D eigenvalue weighted by molar-refractivity contribution is 9.10. The molecule has 2 heterocycles. The first kappa shape index (κ1) is 13.2. The summed E-state index contributed by atoms with van der Waals surface area (Å²) in [4.78, 5) is 29.3. The number of carbonyl (C=O) groups excluding carboxylic acids is 2. The van der Waals surface area contributed by atoms with Crippen molar-refractivity contribution in [3.8, 4) is 0 Å². The number of nitrogens with zero attached hydrogens (tertiary/aromatic N) is 2. The molecule has 0 radical (unpaired) electrons. The fraction of sp³-hybridized carbons (Fsp3) is 0.462. The van der Waals surface area contributed by atoms with Gasteiger partial charge in [0.1, 0.15) is 5.69 Å². The summed E-state index contributed by atoms with van der Waals surface area (Å²) in [7, 11) is 0. The molecule has 1 saturated heterocycles. The molecule has 1 aromatic rings. The lowest BCUT2D eigenvalue weighted by Crippen LogP contribution is -2.32. The fourth-order valence-corrected chi connectivity index (χ4v) is 2.45. The summed E-state index contributed by atoms with van der Waals surface area (Å²) in [6.45, 7) is 2.62. The first-order valence-electron chi connectivity index (χ1n) is 6.08. The van der Waals surface area contributed by atoms with Crippen molar-refractivity contribution in [3.63, 3.8) is 0 Å². The third kappa shape index (κ3) is 2.77. The molecule has 0 aromatic carbocycles. The molecule has 1 aliphatic rings. The Morgan fingerprint density at radius 3 is 2.94 bits per heavy atom. The number of rotatable bonds is 3. The molecule has 1 aliphatic heterocycles. The van der Waals surface area contributed by atoms with Crippen molar-refractivity contribution in [1.29, 1.82) is 0 Å². The van der Waals surface area contributed by atoms with E-state index >= 15 is 0 Å². The topological polar surface area (TPSA) is 50.3 Å². The summed E-state index contributed by atoms with van der Waals surface area (Å²) in [5.41, 5.74) is 0.323. The van der Waals surface area contributed by atoms with Gasteiger partial charge in [0.2, 0.25) is 5.91 Å². The van der Waals surface area contributed by atoms with Crippen LogP contribution in [0.15, 0.2) is 22.8 Å². The van der Waals surface area contributed by atoms with Crippen molar-refractivity contribution in [1.82, 2.24) is 9.88 Å². The highest BCUT2D eigenvalue weighted by atomic mass is 79.9. The van der Waals surface area contributed by atoms with Crippen LogP contribution in [0.3, 0.4) is 0 Å². The first-order chi connectivity index (χ1) is 8.61. The lowest BCUT2D eigenvalue weighted by molar-refractivity contribution is -0.125. The van der Waals surface area contributed by atoms with Gasteiger partial charge in [0.15, 0.2) is 0 Å². The Kier molecular flexibility index (Phi) is 4.11. The maximum Gasteiger partial charge on any atom is 0.279 e. The monoisotopic (exact) mass is 310 g/mol. The van der Waals surface area contributed by atoms with Gasteiger partial charge in [0, 0.05) is 23.6 Å². The molecule has 1 fully saturated rings. The summed E-state index contributed by atoms with van der Waals surface area (Å²) >= 11 is 3.27. The quantitative estimate of drug-likeness (QED) is 0.806. The Bertz CT molecular complexity index is 459. The zero-order valence-corrected chi connectivity index (χ0v) is 11.8. The van der Waals surface area contributed by atoms with Crippen LogP contribution >= 0.6 is 15.9 Å². The molecular weight excluding hydrogens is 296 g/mol. The van der Waals surface area contributed by atoms with Crippen molar-refractivity contribution >= 4 is 27.7 Å². The SMILES string of the molecule is CCCC1CC(=O)N(C(=O)c2ccc(Br)cn2)C1. The number of pyridine rings is 1. The third-order valence-corrected chi connectivity index (χ3v) is 3.56. The molecule has 0 N–H and O–H groups in total. The second-order valence-corrected chi connectivity index (χ2v) is 5.45. The van der Waals surface area contributed by atoms with Crippen LogP contribution in [0.4, 0.5) is 0 Å². The van der Waals surface area contributed by atoms with E-state index in [1.54, 1.807) is 18.3 Å². The minimum absolute atomic E-state index is 0.0804. The second-order valence-electron chi connectivity index (χ2n) is 4.53. The van der Waals surface area contributed by atoms with E-state index in [4.69, 9.17) is 0 Å². The number of hydrogen-bond acceptors (Lipinski definition) is 3. The predicted molar refractivity (Wildman–Crippen MR) is 71.0 cm³/mol. The molecule has 4 nitrogen and oxygen atoms in total. The van der Waals surface area contributed by atoms with E-state index in [1.807, 2.05) is 0 Å². The highest BCUT2D eigenvalue weighted by Crippen LogP contribution is 2.23. The highest BCUT2D eigenvalue weighted by Gasteiger charge is 2.34. The molecule has 5 heteroatoms. The Labute approximate surface area is 115 Å². The van der Waals surface area contributed by atoms with Crippen LogP contribution in [0.25, 0.3) is 0 Å². The number of hydrogen-bond donors (Lipinski definition) is 0.